The topological polar surface area (TPSA) is 48.1 Å². The van der Waals surface area contributed by atoms with Gasteiger partial charge in [-0.1, -0.05) is 34.2 Å². The first-order valence-corrected chi connectivity index (χ1v) is 6.16. The number of nitrogens with two attached hydrogens (primary N) is 1. The maximum Gasteiger partial charge on any atom is 0.220 e. The van der Waals surface area contributed by atoms with Crippen molar-refractivity contribution in [3.8, 4) is 11.6 Å². The molecule has 0 atom stereocenters. The van der Waals surface area contributed by atoms with Crippen LogP contribution in [0.5, 0.6) is 11.6 Å². The molecular weight excluding hydrogens is 319 g/mol. The number of halogens is 2. The van der Waals surface area contributed by atoms with Crippen molar-refractivity contribution < 1.29 is 9.13 Å². The van der Waals surface area contributed by atoms with E-state index in [1.54, 1.807) is 24.3 Å². The summed E-state index contributed by atoms with van der Waals surface area (Å²) < 4.78 is 19.5. The van der Waals surface area contributed by atoms with E-state index >= 15 is 0 Å². The fraction of sp³-hybridized carbons (Fsp3) is 0. The lowest BCUT2D eigenvalue weighted by atomic mass is 10.3. The van der Waals surface area contributed by atoms with Gasteiger partial charge in [0.25, 0.3) is 0 Å². The Bertz CT molecular complexity index is 606. The van der Waals surface area contributed by atoms with Gasteiger partial charge in [-0.15, -0.1) is 0 Å². The van der Waals surface area contributed by atoms with Crippen molar-refractivity contribution in [1.29, 1.82) is 0 Å². The predicted octanol–water partition coefficient (Wildman–Crippen LogP) is 3.41. The number of nitrogens with zero attached hydrogens (tertiary/aromatic N) is 1. The van der Waals surface area contributed by atoms with Gasteiger partial charge in [-0.05, 0) is 24.3 Å². The van der Waals surface area contributed by atoms with E-state index in [0.717, 1.165) is 0 Å². The molecule has 3 nitrogen and oxygen atoms in total. The maximum atomic E-state index is 13.6. The molecule has 0 aliphatic rings. The van der Waals surface area contributed by atoms with Crippen LogP contribution in [0.4, 0.5) is 4.39 Å². The van der Waals surface area contributed by atoms with Crippen molar-refractivity contribution in [2.45, 2.75) is 0 Å². The van der Waals surface area contributed by atoms with E-state index < -0.39 is 5.82 Å². The van der Waals surface area contributed by atoms with Crippen LogP contribution in [-0.4, -0.2) is 9.97 Å². The van der Waals surface area contributed by atoms with E-state index in [9.17, 15) is 4.39 Å². The smallest absolute Gasteiger partial charge is 0.220 e. The normalized spacial score (nSPS) is 10.1. The van der Waals surface area contributed by atoms with Gasteiger partial charge in [0.15, 0.2) is 11.6 Å². The minimum Gasteiger partial charge on any atom is -0.436 e. The summed E-state index contributed by atoms with van der Waals surface area (Å²) in [5.41, 5.74) is 5.89. The summed E-state index contributed by atoms with van der Waals surface area (Å²) in [5.74, 6) is -0.154. The highest BCUT2D eigenvalue weighted by Crippen LogP contribution is 2.25. The number of hydrogen-bond acceptors (Lipinski definition) is 3. The summed E-state index contributed by atoms with van der Waals surface area (Å²) in [7, 11) is 0. The highest BCUT2D eigenvalue weighted by molar-refractivity contribution is 9.10. The number of ether oxygens (including phenoxy) is 1. The minimum absolute atomic E-state index is 0.0887. The van der Waals surface area contributed by atoms with E-state index in [0.29, 0.717) is 10.2 Å². The molecule has 0 radical (unpaired) electrons. The first-order chi connectivity index (χ1) is 8.56. The number of hydrogen-bond donors (Lipinski definition) is 1. The zero-order chi connectivity index (χ0) is 13.1. The van der Waals surface area contributed by atoms with Gasteiger partial charge in [0, 0.05) is 10.5 Å². The molecule has 0 saturated heterocycles. The van der Waals surface area contributed by atoms with Crippen molar-refractivity contribution in [3.63, 3.8) is 0 Å². The first-order valence-electron chi connectivity index (χ1n) is 4.96. The number of rotatable bonds is 3. The largest absolute Gasteiger partial charge is 0.436 e. The van der Waals surface area contributed by atoms with E-state index in [1.165, 1.54) is 12.1 Å². The van der Waals surface area contributed by atoms with Gasteiger partial charge < -0.3 is 10.5 Å². The molecule has 0 unspecified atom stereocenters. The highest BCUT2D eigenvalue weighted by Gasteiger charge is 2.07. The molecule has 2 rings (SSSR count). The summed E-state index contributed by atoms with van der Waals surface area (Å²) in [6.45, 7) is 0. The molecule has 92 valence electrons. The highest BCUT2D eigenvalue weighted by atomic mass is 79.9. The molecule has 1 aromatic carbocycles. The lowest BCUT2D eigenvalue weighted by Gasteiger charge is -2.07. The molecule has 0 amide bonds. The van der Waals surface area contributed by atoms with Gasteiger partial charge in [0.2, 0.25) is 5.88 Å². The molecule has 18 heavy (non-hydrogen) atoms. The second-order valence-electron chi connectivity index (χ2n) is 3.40. The van der Waals surface area contributed by atoms with Crippen LogP contribution >= 0.6 is 28.1 Å². The number of benzene rings is 1. The summed E-state index contributed by atoms with van der Waals surface area (Å²) in [6, 6.07) is 9.45. The molecule has 2 N–H and O–H groups in total. The van der Waals surface area contributed by atoms with Crippen LogP contribution < -0.4 is 10.5 Å². The number of pyridine rings is 1. The monoisotopic (exact) mass is 326 g/mol. The molecular formula is C12H8BrFN2OS. The molecule has 0 saturated carbocycles. The van der Waals surface area contributed by atoms with Crippen molar-refractivity contribution in [1.82, 2.24) is 4.98 Å². The van der Waals surface area contributed by atoms with Gasteiger partial charge >= 0.3 is 0 Å². The Labute approximate surface area is 117 Å². The van der Waals surface area contributed by atoms with Crippen molar-refractivity contribution in [2.24, 2.45) is 5.73 Å². The third-order valence-electron chi connectivity index (χ3n) is 2.08. The van der Waals surface area contributed by atoms with Crippen molar-refractivity contribution >= 4 is 33.1 Å². The number of thiocarbonyl (C=S) groups is 1. The molecule has 1 aromatic heterocycles. The van der Waals surface area contributed by atoms with E-state index in [1.807, 2.05) is 0 Å². The van der Waals surface area contributed by atoms with Crippen LogP contribution in [0.2, 0.25) is 0 Å². The van der Waals surface area contributed by atoms with Gasteiger partial charge in [0.1, 0.15) is 10.7 Å². The zero-order valence-corrected chi connectivity index (χ0v) is 11.5. The Kier molecular flexibility index (Phi) is 3.88. The van der Waals surface area contributed by atoms with Crippen molar-refractivity contribution in [2.75, 3.05) is 0 Å². The average Bonchev–Trinajstić information content (AvgIpc) is 2.33. The van der Waals surface area contributed by atoms with E-state index in [4.69, 9.17) is 22.7 Å². The van der Waals surface area contributed by atoms with Gasteiger partial charge in [0.05, 0.1) is 0 Å². The van der Waals surface area contributed by atoms with E-state index in [-0.39, 0.29) is 16.6 Å². The summed E-state index contributed by atoms with van der Waals surface area (Å²) in [5, 5.41) is 0. The molecule has 2 aromatic rings. The van der Waals surface area contributed by atoms with Gasteiger partial charge in [-0.25, -0.2) is 9.37 Å². The van der Waals surface area contributed by atoms with Crippen LogP contribution in [0.3, 0.4) is 0 Å². The molecule has 0 aliphatic carbocycles. The predicted molar refractivity (Wildman–Crippen MR) is 74.3 cm³/mol. The molecule has 6 heteroatoms. The summed E-state index contributed by atoms with van der Waals surface area (Å²) in [6.07, 6.45) is 0. The maximum absolute atomic E-state index is 13.6. The van der Waals surface area contributed by atoms with Crippen molar-refractivity contribution in [3.05, 3.63) is 52.4 Å². The zero-order valence-electron chi connectivity index (χ0n) is 9.06. The quantitative estimate of drug-likeness (QED) is 0.878. The van der Waals surface area contributed by atoms with Crippen LogP contribution in [0.15, 0.2) is 40.9 Å². The third-order valence-corrected chi connectivity index (χ3v) is 2.79. The number of aromatic nitrogens is 1. The third kappa shape index (κ3) is 3.02. The second-order valence-corrected chi connectivity index (χ2v) is 4.76. The Hall–Kier alpha value is -1.53. The summed E-state index contributed by atoms with van der Waals surface area (Å²) >= 11 is 7.98. The molecule has 0 spiro atoms. The SMILES string of the molecule is NC(=S)c1cccc(Oc2ccc(Br)cc2F)n1. The Morgan fingerprint density at radius 2 is 2.11 bits per heavy atom. The standard InChI is InChI=1S/C12H8BrFN2OS/c13-7-4-5-10(8(14)6-7)17-11-3-1-2-9(16-11)12(15)18/h1-6H,(H2,15,18). The molecule has 0 bridgehead atoms. The minimum atomic E-state index is -0.480. The Morgan fingerprint density at radius 1 is 1.33 bits per heavy atom. The van der Waals surface area contributed by atoms with Gasteiger partial charge in [-0.2, -0.15) is 0 Å². The van der Waals surface area contributed by atoms with Gasteiger partial charge in [-0.3, -0.25) is 0 Å². The fourth-order valence-corrected chi connectivity index (χ4v) is 1.73. The second kappa shape index (κ2) is 5.41. The lowest BCUT2D eigenvalue weighted by molar-refractivity contribution is 0.427. The Morgan fingerprint density at radius 3 is 2.78 bits per heavy atom. The molecule has 1 heterocycles. The Balaban J connectivity index is 2.28. The van der Waals surface area contributed by atoms with Crippen LogP contribution in [0, 0.1) is 5.82 Å². The first kappa shape index (κ1) is 12.9. The fourth-order valence-electron chi connectivity index (χ4n) is 1.28. The lowest BCUT2D eigenvalue weighted by Crippen LogP contribution is -2.11. The molecule has 0 fully saturated rings. The average molecular weight is 327 g/mol. The van der Waals surface area contributed by atoms with Crippen LogP contribution in [0.1, 0.15) is 5.69 Å². The molecule has 0 aliphatic heterocycles. The van der Waals surface area contributed by atoms with E-state index in [2.05, 4.69) is 20.9 Å². The van der Waals surface area contributed by atoms with Crippen LogP contribution in [-0.2, 0) is 0 Å². The summed E-state index contributed by atoms with van der Waals surface area (Å²) in [4.78, 5) is 4.23. The van der Waals surface area contributed by atoms with Crippen LogP contribution in [0.25, 0.3) is 0 Å².